The molecule has 0 radical (unpaired) electrons. The van der Waals surface area contributed by atoms with Crippen molar-refractivity contribution >= 4 is 17.9 Å². The second-order valence-electron chi connectivity index (χ2n) is 6.95. The molecule has 2 rings (SSSR count). The summed E-state index contributed by atoms with van der Waals surface area (Å²) in [6.07, 6.45) is 0. The van der Waals surface area contributed by atoms with E-state index in [9.17, 15) is 9.90 Å². The fourth-order valence-corrected chi connectivity index (χ4v) is 3.69. The van der Waals surface area contributed by atoms with Gasteiger partial charge in [-0.2, -0.15) is 0 Å². The summed E-state index contributed by atoms with van der Waals surface area (Å²) in [7, 11) is 5.61. The Kier molecular flexibility index (Phi) is 7.75. The molecule has 29 heavy (non-hydrogen) atoms. The summed E-state index contributed by atoms with van der Waals surface area (Å²) in [5.41, 5.74) is 1.47. The minimum Gasteiger partial charge on any atom is -0.497 e. The van der Waals surface area contributed by atoms with E-state index in [1.165, 1.54) is 4.57 Å². The quantitative estimate of drug-likeness (QED) is 0.526. The van der Waals surface area contributed by atoms with E-state index >= 15 is 0 Å². The molecule has 0 bridgehead atoms. The number of hydrogen-bond acceptors (Lipinski definition) is 6. The van der Waals surface area contributed by atoms with E-state index in [0.717, 1.165) is 11.3 Å². The molecule has 0 saturated heterocycles. The molecule has 0 saturated carbocycles. The van der Waals surface area contributed by atoms with Gasteiger partial charge in [0.05, 0.1) is 19.7 Å². The predicted molar refractivity (Wildman–Crippen MR) is 119 cm³/mol. The van der Waals surface area contributed by atoms with Crippen LogP contribution in [-0.4, -0.2) is 52.6 Å². The molecule has 0 aliphatic rings. The lowest BCUT2D eigenvalue weighted by molar-refractivity contribution is 0.306. The van der Waals surface area contributed by atoms with E-state index in [2.05, 4.69) is 9.89 Å². The highest BCUT2D eigenvalue weighted by Gasteiger charge is 2.19. The Hall–Kier alpha value is -2.45. The summed E-state index contributed by atoms with van der Waals surface area (Å²) in [6, 6.07) is 7.86. The third kappa shape index (κ3) is 4.76. The van der Waals surface area contributed by atoms with E-state index in [0.29, 0.717) is 30.1 Å². The van der Waals surface area contributed by atoms with Gasteiger partial charge in [0.25, 0.3) is 5.56 Å². The highest BCUT2D eigenvalue weighted by atomic mass is 32.1. The zero-order chi connectivity index (χ0) is 21.7. The molecule has 7 nitrogen and oxygen atoms in total. The summed E-state index contributed by atoms with van der Waals surface area (Å²) >= 11 is 5.35. The molecule has 0 amide bonds. The first-order valence-electron chi connectivity index (χ1n) is 9.65. The Morgan fingerprint density at radius 2 is 1.79 bits per heavy atom. The fourth-order valence-electron chi connectivity index (χ4n) is 3.26. The van der Waals surface area contributed by atoms with Crippen LogP contribution >= 0.6 is 12.2 Å². The van der Waals surface area contributed by atoms with Crippen molar-refractivity contribution in [2.45, 2.75) is 39.9 Å². The fraction of sp³-hybridized carbons (Fsp3) is 0.476. The van der Waals surface area contributed by atoms with Gasteiger partial charge in [-0.05, 0) is 64.8 Å². The second kappa shape index (κ2) is 9.84. The second-order valence-corrected chi connectivity index (χ2v) is 7.32. The van der Waals surface area contributed by atoms with Gasteiger partial charge in [-0.25, -0.2) is 0 Å². The van der Waals surface area contributed by atoms with Crippen LogP contribution in [0.15, 0.2) is 34.1 Å². The van der Waals surface area contributed by atoms with Crippen molar-refractivity contribution in [1.82, 2.24) is 14.0 Å². The lowest BCUT2D eigenvalue weighted by Crippen LogP contribution is -2.30. The Morgan fingerprint density at radius 1 is 1.21 bits per heavy atom. The SMILES string of the molecule is CCn1c(O)c(C(C)=NC[C@@H](c2ccc(OC)cc2)N(C)C)c(=O)n(CC)c1=S. The molecule has 0 fully saturated rings. The summed E-state index contributed by atoms with van der Waals surface area (Å²) in [5.74, 6) is 0.670. The van der Waals surface area contributed by atoms with Crippen molar-refractivity contribution < 1.29 is 9.84 Å². The van der Waals surface area contributed by atoms with Crippen molar-refractivity contribution in [2.24, 2.45) is 4.99 Å². The van der Waals surface area contributed by atoms with Crippen molar-refractivity contribution in [1.29, 1.82) is 0 Å². The number of nitrogens with zero attached hydrogens (tertiary/aromatic N) is 4. The lowest BCUT2D eigenvalue weighted by Gasteiger charge is -2.23. The topological polar surface area (TPSA) is 72.0 Å². The number of aromatic nitrogens is 2. The summed E-state index contributed by atoms with van der Waals surface area (Å²) in [6.45, 7) is 6.83. The smallest absolute Gasteiger partial charge is 0.267 e. The van der Waals surface area contributed by atoms with Crippen LogP contribution in [0.1, 0.15) is 37.9 Å². The number of likely N-dealkylation sites (N-methyl/N-ethyl adjacent to an activating group) is 1. The van der Waals surface area contributed by atoms with Crippen LogP contribution in [-0.2, 0) is 13.1 Å². The highest BCUT2D eigenvalue weighted by Crippen LogP contribution is 2.22. The average molecular weight is 419 g/mol. The van der Waals surface area contributed by atoms with Crippen molar-refractivity contribution in [3.63, 3.8) is 0 Å². The van der Waals surface area contributed by atoms with E-state index < -0.39 is 0 Å². The van der Waals surface area contributed by atoms with Crippen molar-refractivity contribution in [3.05, 3.63) is 50.5 Å². The van der Waals surface area contributed by atoms with E-state index in [1.54, 1.807) is 18.6 Å². The molecule has 1 heterocycles. The number of rotatable bonds is 8. The molecule has 0 aliphatic heterocycles. The summed E-state index contributed by atoms with van der Waals surface area (Å²) < 4.78 is 8.59. The van der Waals surface area contributed by atoms with Gasteiger partial charge in [0.2, 0.25) is 5.88 Å². The maximum absolute atomic E-state index is 12.9. The standard InChI is InChI=1S/C21H30N4O3S/c1-7-24-19(26)18(20(27)25(8-2)21(24)29)14(3)22-13-17(23(4)5)15-9-11-16(28-6)12-10-15/h9-12,17,26H,7-8,13H2,1-6H3/t17-/m0/s1. The first-order chi connectivity index (χ1) is 13.8. The van der Waals surface area contributed by atoms with Gasteiger partial charge in [-0.1, -0.05) is 12.1 Å². The largest absolute Gasteiger partial charge is 0.497 e. The van der Waals surface area contributed by atoms with Gasteiger partial charge in [0.1, 0.15) is 11.3 Å². The van der Waals surface area contributed by atoms with Crippen LogP contribution in [0.2, 0.25) is 0 Å². The number of aliphatic imine (C=N–C) groups is 1. The molecule has 0 aliphatic carbocycles. The van der Waals surface area contributed by atoms with Crippen LogP contribution in [0.4, 0.5) is 0 Å². The molecule has 8 heteroatoms. The molecule has 0 unspecified atom stereocenters. The maximum atomic E-state index is 12.9. The third-order valence-corrected chi connectivity index (χ3v) is 5.46. The molecule has 1 N–H and O–H groups in total. The number of hydrogen-bond donors (Lipinski definition) is 1. The molecule has 1 aromatic heterocycles. The third-order valence-electron chi connectivity index (χ3n) is 5.02. The number of benzene rings is 1. The Labute approximate surface area is 176 Å². The van der Waals surface area contributed by atoms with Crippen molar-refractivity contribution in [3.8, 4) is 11.6 Å². The summed E-state index contributed by atoms with van der Waals surface area (Å²) in [5, 5.41) is 10.7. The van der Waals surface area contributed by atoms with Gasteiger partial charge in [0, 0.05) is 18.8 Å². The number of ether oxygens (including phenoxy) is 1. The minimum absolute atomic E-state index is 0.0166. The molecule has 1 atom stereocenters. The normalized spacial score (nSPS) is 13.0. The van der Waals surface area contributed by atoms with Crippen LogP contribution < -0.4 is 10.3 Å². The minimum atomic E-state index is -0.313. The Morgan fingerprint density at radius 3 is 2.28 bits per heavy atom. The zero-order valence-electron chi connectivity index (χ0n) is 18.0. The predicted octanol–water partition coefficient (Wildman–Crippen LogP) is 3.25. The van der Waals surface area contributed by atoms with Gasteiger partial charge >= 0.3 is 0 Å². The highest BCUT2D eigenvalue weighted by molar-refractivity contribution is 7.71. The molecule has 2 aromatic rings. The number of aromatic hydroxyl groups is 1. The van der Waals surface area contributed by atoms with E-state index in [-0.39, 0.29) is 23.0 Å². The lowest BCUT2D eigenvalue weighted by atomic mass is 10.1. The average Bonchev–Trinajstić information content (AvgIpc) is 2.69. The molecular weight excluding hydrogens is 388 g/mol. The summed E-state index contributed by atoms with van der Waals surface area (Å²) in [4.78, 5) is 19.6. The molecule has 0 spiro atoms. The van der Waals surface area contributed by atoms with Crippen LogP contribution in [0.3, 0.4) is 0 Å². The monoisotopic (exact) mass is 418 g/mol. The first kappa shape index (κ1) is 22.8. The van der Waals surface area contributed by atoms with E-state index in [4.69, 9.17) is 17.0 Å². The zero-order valence-corrected chi connectivity index (χ0v) is 18.8. The number of methoxy groups -OCH3 is 1. The maximum Gasteiger partial charge on any atom is 0.267 e. The molecule has 158 valence electrons. The Bertz CT molecular complexity index is 991. The first-order valence-corrected chi connectivity index (χ1v) is 10.1. The van der Waals surface area contributed by atoms with Crippen LogP contribution in [0, 0.1) is 4.77 Å². The van der Waals surface area contributed by atoms with Crippen LogP contribution in [0.5, 0.6) is 11.6 Å². The van der Waals surface area contributed by atoms with Gasteiger partial charge in [-0.3, -0.25) is 18.9 Å². The molecular formula is C21H30N4O3S. The molecule has 1 aromatic carbocycles. The van der Waals surface area contributed by atoms with Gasteiger partial charge < -0.3 is 14.7 Å². The van der Waals surface area contributed by atoms with Crippen LogP contribution in [0.25, 0.3) is 0 Å². The van der Waals surface area contributed by atoms with Gasteiger partial charge in [-0.15, -0.1) is 0 Å². The van der Waals surface area contributed by atoms with Gasteiger partial charge in [0.15, 0.2) is 4.77 Å². The Balaban J connectivity index is 2.46. The van der Waals surface area contributed by atoms with E-state index in [1.807, 2.05) is 52.2 Å². The van der Waals surface area contributed by atoms with Crippen molar-refractivity contribution in [2.75, 3.05) is 27.7 Å².